The summed E-state index contributed by atoms with van der Waals surface area (Å²) in [7, 11) is 0. The standard InChI is InChI=1S/C17H20N4O/c22-16(17(8-9-17)13-4-2-1-3-5-13)19-15-7-11-21(20-15)14-6-10-18-12-14/h1-5,7,11,14,18H,6,8-10,12H2,(H,19,20,22)/t14-/m1/s1. The zero-order valence-electron chi connectivity index (χ0n) is 12.5. The number of rotatable bonds is 4. The summed E-state index contributed by atoms with van der Waals surface area (Å²) in [4.78, 5) is 12.7. The molecule has 1 aromatic carbocycles. The Morgan fingerprint density at radius 3 is 2.77 bits per heavy atom. The third kappa shape index (κ3) is 2.31. The fraction of sp³-hybridized carbons (Fsp3) is 0.412. The second kappa shape index (κ2) is 5.25. The van der Waals surface area contributed by atoms with Gasteiger partial charge in [0.1, 0.15) is 0 Å². The molecule has 1 atom stereocenters. The SMILES string of the molecule is O=C(Nc1ccn([C@@H]2CCNC2)n1)C1(c2ccccc2)CC1. The maximum Gasteiger partial charge on any atom is 0.236 e. The zero-order chi connectivity index (χ0) is 15.0. The zero-order valence-corrected chi connectivity index (χ0v) is 12.5. The summed E-state index contributed by atoms with van der Waals surface area (Å²) < 4.78 is 1.96. The average molecular weight is 296 g/mol. The number of hydrogen-bond acceptors (Lipinski definition) is 3. The van der Waals surface area contributed by atoms with E-state index in [1.54, 1.807) is 0 Å². The average Bonchev–Trinajstić information content (AvgIpc) is 2.97. The lowest BCUT2D eigenvalue weighted by atomic mass is 9.95. The molecular formula is C17H20N4O. The van der Waals surface area contributed by atoms with Crippen molar-refractivity contribution in [2.24, 2.45) is 0 Å². The van der Waals surface area contributed by atoms with Gasteiger partial charge in [0.15, 0.2) is 5.82 Å². The van der Waals surface area contributed by atoms with Crippen molar-refractivity contribution >= 4 is 11.7 Å². The van der Waals surface area contributed by atoms with Crippen molar-refractivity contribution in [3.05, 3.63) is 48.2 Å². The van der Waals surface area contributed by atoms with Crippen LogP contribution in [0.3, 0.4) is 0 Å². The van der Waals surface area contributed by atoms with E-state index in [0.717, 1.165) is 37.9 Å². The van der Waals surface area contributed by atoms with Gasteiger partial charge in [0.25, 0.3) is 0 Å². The first-order chi connectivity index (χ1) is 10.8. The van der Waals surface area contributed by atoms with Gasteiger partial charge in [-0.05, 0) is 31.4 Å². The van der Waals surface area contributed by atoms with Crippen molar-refractivity contribution in [2.75, 3.05) is 18.4 Å². The maximum absolute atomic E-state index is 12.7. The molecule has 1 aliphatic heterocycles. The molecule has 22 heavy (non-hydrogen) atoms. The fourth-order valence-corrected chi connectivity index (χ4v) is 3.24. The largest absolute Gasteiger partial charge is 0.315 e. The quantitative estimate of drug-likeness (QED) is 0.908. The summed E-state index contributed by atoms with van der Waals surface area (Å²) in [6.45, 7) is 1.98. The topological polar surface area (TPSA) is 59.0 Å². The van der Waals surface area contributed by atoms with Gasteiger partial charge >= 0.3 is 0 Å². The first kappa shape index (κ1) is 13.5. The Morgan fingerprint density at radius 1 is 1.27 bits per heavy atom. The van der Waals surface area contributed by atoms with Crippen LogP contribution in [-0.2, 0) is 10.2 Å². The van der Waals surface area contributed by atoms with Crippen molar-refractivity contribution in [3.63, 3.8) is 0 Å². The number of hydrogen-bond donors (Lipinski definition) is 2. The molecule has 1 amide bonds. The van der Waals surface area contributed by atoms with Crippen molar-refractivity contribution in [2.45, 2.75) is 30.7 Å². The molecule has 4 rings (SSSR count). The van der Waals surface area contributed by atoms with Crippen molar-refractivity contribution < 1.29 is 4.79 Å². The van der Waals surface area contributed by atoms with E-state index in [9.17, 15) is 4.79 Å². The van der Waals surface area contributed by atoms with Gasteiger partial charge in [-0.15, -0.1) is 0 Å². The number of amides is 1. The Balaban J connectivity index is 1.48. The molecule has 0 spiro atoms. The van der Waals surface area contributed by atoms with Gasteiger partial charge in [-0.2, -0.15) is 5.10 Å². The molecule has 5 heteroatoms. The second-order valence-electron chi connectivity index (χ2n) is 6.23. The van der Waals surface area contributed by atoms with Crippen LogP contribution in [0, 0.1) is 0 Å². The van der Waals surface area contributed by atoms with E-state index in [2.05, 4.69) is 15.7 Å². The highest BCUT2D eigenvalue weighted by Crippen LogP contribution is 2.48. The number of benzene rings is 1. The summed E-state index contributed by atoms with van der Waals surface area (Å²) >= 11 is 0. The molecule has 0 bridgehead atoms. The predicted molar refractivity (Wildman–Crippen MR) is 84.7 cm³/mol. The summed E-state index contributed by atoms with van der Waals surface area (Å²) in [6, 6.07) is 12.3. The summed E-state index contributed by atoms with van der Waals surface area (Å²) in [6.07, 6.45) is 4.87. The van der Waals surface area contributed by atoms with E-state index in [0.29, 0.717) is 11.9 Å². The maximum atomic E-state index is 12.7. The Labute approximate surface area is 129 Å². The van der Waals surface area contributed by atoms with E-state index in [-0.39, 0.29) is 11.3 Å². The van der Waals surface area contributed by atoms with Gasteiger partial charge in [-0.1, -0.05) is 30.3 Å². The Bertz CT molecular complexity index is 669. The third-order valence-electron chi connectivity index (χ3n) is 4.77. The predicted octanol–water partition coefficient (Wildman–Crippen LogP) is 2.09. The molecule has 114 valence electrons. The van der Waals surface area contributed by atoms with E-state index in [1.165, 1.54) is 0 Å². The van der Waals surface area contributed by atoms with E-state index in [4.69, 9.17) is 0 Å². The van der Waals surface area contributed by atoms with Gasteiger partial charge in [0.05, 0.1) is 11.5 Å². The van der Waals surface area contributed by atoms with E-state index in [1.807, 2.05) is 47.3 Å². The highest BCUT2D eigenvalue weighted by Gasteiger charge is 2.51. The highest BCUT2D eigenvalue weighted by molar-refractivity contribution is 6.00. The third-order valence-corrected chi connectivity index (χ3v) is 4.77. The van der Waals surface area contributed by atoms with Gasteiger partial charge in [-0.25, -0.2) is 0 Å². The molecule has 1 saturated carbocycles. The minimum atomic E-state index is -0.347. The second-order valence-corrected chi connectivity index (χ2v) is 6.23. The van der Waals surface area contributed by atoms with Crippen LogP contribution in [0.5, 0.6) is 0 Å². The molecule has 2 fully saturated rings. The first-order valence-corrected chi connectivity index (χ1v) is 7.91. The molecule has 2 aromatic rings. The van der Waals surface area contributed by atoms with E-state index < -0.39 is 0 Å². The Kier molecular flexibility index (Phi) is 3.22. The van der Waals surface area contributed by atoms with Crippen LogP contribution in [0.4, 0.5) is 5.82 Å². The molecule has 5 nitrogen and oxygen atoms in total. The van der Waals surface area contributed by atoms with Crippen LogP contribution < -0.4 is 10.6 Å². The van der Waals surface area contributed by atoms with Crippen LogP contribution in [-0.4, -0.2) is 28.8 Å². The van der Waals surface area contributed by atoms with Gasteiger partial charge in [0, 0.05) is 18.8 Å². The fourth-order valence-electron chi connectivity index (χ4n) is 3.24. The number of carbonyl (C=O) groups excluding carboxylic acids is 1. The van der Waals surface area contributed by atoms with Crippen LogP contribution in [0.2, 0.25) is 0 Å². The lowest BCUT2D eigenvalue weighted by molar-refractivity contribution is -0.118. The van der Waals surface area contributed by atoms with Gasteiger partial charge in [-0.3, -0.25) is 9.48 Å². The van der Waals surface area contributed by atoms with Crippen LogP contribution in [0.25, 0.3) is 0 Å². The minimum Gasteiger partial charge on any atom is -0.315 e. The molecule has 1 aliphatic carbocycles. The van der Waals surface area contributed by atoms with Gasteiger partial charge in [0.2, 0.25) is 5.91 Å². The number of nitrogens with one attached hydrogen (secondary N) is 2. The monoisotopic (exact) mass is 296 g/mol. The van der Waals surface area contributed by atoms with Crippen molar-refractivity contribution in [1.82, 2.24) is 15.1 Å². The van der Waals surface area contributed by atoms with Crippen molar-refractivity contribution in [3.8, 4) is 0 Å². The lowest BCUT2D eigenvalue weighted by Gasteiger charge is -2.14. The van der Waals surface area contributed by atoms with E-state index >= 15 is 0 Å². The highest BCUT2D eigenvalue weighted by atomic mass is 16.2. The molecule has 1 saturated heterocycles. The molecule has 0 unspecified atom stereocenters. The molecule has 2 heterocycles. The Morgan fingerprint density at radius 2 is 2.09 bits per heavy atom. The molecule has 1 aromatic heterocycles. The number of aromatic nitrogens is 2. The van der Waals surface area contributed by atoms with Crippen molar-refractivity contribution in [1.29, 1.82) is 0 Å². The molecule has 0 radical (unpaired) electrons. The number of carbonyl (C=O) groups is 1. The minimum absolute atomic E-state index is 0.0634. The van der Waals surface area contributed by atoms with Crippen LogP contribution in [0.1, 0.15) is 30.9 Å². The molecule has 2 N–H and O–H groups in total. The van der Waals surface area contributed by atoms with Gasteiger partial charge < -0.3 is 10.6 Å². The lowest BCUT2D eigenvalue weighted by Crippen LogP contribution is -2.28. The Hall–Kier alpha value is -2.14. The normalized spacial score (nSPS) is 22.5. The van der Waals surface area contributed by atoms with Crippen LogP contribution in [0.15, 0.2) is 42.6 Å². The van der Waals surface area contributed by atoms with Crippen LogP contribution >= 0.6 is 0 Å². The summed E-state index contributed by atoms with van der Waals surface area (Å²) in [5.41, 5.74) is 0.756. The summed E-state index contributed by atoms with van der Waals surface area (Å²) in [5, 5.41) is 10.8. The number of nitrogens with zero attached hydrogens (tertiary/aromatic N) is 2. The first-order valence-electron chi connectivity index (χ1n) is 7.91. The summed E-state index contributed by atoms with van der Waals surface area (Å²) in [5.74, 6) is 0.715. The smallest absolute Gasteiger partial charge is 0.236 e. The molecular weight excluding hydrogens is 276 g/mol. The number of anilines is 1. The molecule has 2 aliphatic rings.